The molecule has 0 bridgehead atoms. The molecule has 2 unspecified atom stereocenters. The molecule has 2 rings (SSSR count). The third kappa shape index (κ3) is 3.80. The van der Waals surface area contributed by atoms with E-state index in [9.17, 15) is 13.2 Å². The van der Waals surface area contributed by atoms with Crippen molar-refractivity contribution in [1.29, 1.82) is 0 Å². The molecule has 9 heteroatoms. The van der Waals surface area contributed by atoms with Crippen LogP contribution >= 0.6 is 0 Å². The second-order valence-electron chi connectivity index (χ2n) is 5.33. The Morgan fingerprint density at radius 2 is 2.29 bits per heavy atom. The van der Waals surface area contributed by atoms with E-state index < -0.39 is 16.1 Å². The molecule has 1 saturated heterocycles. The fraction of sp³-hybridized carbons (Fsp3) is 0.667. The van der Waals surface area contributed by atoms with Crippen LogP contribution in [0.1, 0.15) is 13.8 Å². The van der Waals surface area contributed by atoms with E-state index in [0.717, 1.165) is 6.54 Å². The van der Waals surface area contributed by atoms with Crippen LogP contribution in [0.25, 0.3) is 0 Å². The Hall–Kier alpha value is -1.45. The second kappa shape index (κ2) is 6.12. The Kier molecular flexibility index (Phi) is 4.64. The average Bonchev–Trinajstić information content (AvgIpc) is 2.85. The fourth-order valence-electron chi connectivity index (χ4n) is 2.30. The maximum Gasteiger partial charge on any atom is 0.244 e. The normalized spacial score (nSPS) is 21.3. The van der Waals surface area contributed by atoms with Gasteiger partial charge in [0, 0.05) is 38.9 Å². The number of hydrogen-bond donors (Lipinski definition) is 2. The minimum absolute atomic E-state index is 0.0540. The van der Waals surface area contributed by atoms with Gasteiger partial charge in [-0.25, -0.2) is 8.42 Å². The van der Waals surface area contributed by atoms with E-state index >= 15 is 0 Å². The molecule has 0 aromatic carbocycles. The number of amides is 1. The molecule has 8 nitrogen and oxygen atoms in total. The number of rotatable bonds is 4. The number of sulfonamides is 1. The van der Waals surface area contributed by atoms with Gasteiger partial charge >= 0.3 is 0 Å². The summed E-state index contributed by atoms with van der Waals surface area (Å²) < 4.78 is 28.1. The largest absolute Gasteiger partial charge is 0.338 e. The lowest BCUT2D eigenvalue weighted by molar-refractivity contribution is -0.133. The number of nitrogens with one attached hydrogen (secondary N) is 2. The van der Waals surface area contributed by atoms with E-state index in [1.54, 1.807) is 18.9 Å². The SMILES string of the molecule is CC1CN(C(=O)C(C)NS(=O)(=O)c2cnn(C)c2)CCN1. The van der Waals surface area contributed by atoms with Crippen LogP contribution in [-0.4, -0.2) is 60.7 Å². The highest BCUT2D eigenvalue weighted by atomic mass is 32.2. The number of hydrogen-bond acceptors (Lipinski definition) is 5. The summed E-state index contributed by atoms with van der Waals surface area (Å²) >= 11 is 0. The van der Waals surface area contributed by atoms with Gasteiger partial charge in [-0.2, -0.15) is 9.82 Å². The van der Waals surface area contributed by atoms with E-state index in [0.29, 0.717) is 13.1 Å². The predicted octanol–water partition coefficient (Wildman–Crippen LogP) is -1.09. The first-order chi connectivity index (χ1) is 9.79. The zero-order valence-electron chi connectivity index (χ0n) is 12.4. The average molecular weight is 315 g/mol. The summed E-state index contributed by atoms with van der Waals surface area (Å²) in [5.74, 6) is -0.212. The van der Waals surface area contributed by atoms with Crippen molar-refractivity contribution in [3.63, 3.8) is 0 Å². The van der Waals surface area contributed by atoms with Gasteiger partial charge in [-0.3, -0.25) is 9.48 Å². The van der Waals surface area contributed by atoms with E-state index in [1.807, 2.05) is 6.92 Å². The first-order valence-corrected chi connectivity index (χ1v) is 8.31. The summed E-state index contributed by atoms with van der Waals surface area (Å²) in [4.78, 5) is 14.0. The van der Waals surface area contributed by atoms with Gasteiger partial charge in [0.25, 0.3) is 0 Å². The molecule has 2 heterocycles. The minimum atomic E-state index is -3.73. The van der Waals surface area contributed by atoms with Gasteiger partial charge in [0.1, 0.15) is 4.90 Å². The van der Waals surface area contributed by atoms with Gasteiger partial charge < -0.3 is 10.2 Å². The number of carbonyl (C=O) groups is 1. The molecule has 118 valence electrons. The number of nitrogens with zero attached hydrogens (tertiary/aromatic N) is 3. The van der Waals surface area contributed by atoms with Gasteiger partial charge in [-0.15, -0.1) is 0 Å². The molecule has 21 heavy (non-hydrogen) atoms. The second-order valence-corrected chi connectivity index (χ2v) is 7.05. The molecule has 1 fully saturated rings. The van der Waals surface area contributed by atoms with Crippen LogP contribution in [0.2, 0.25) is 0 Å². The van der Waals surface area contributed by atoms with Crippen molar-refractivity contribution in [3.8, 4) is 0 Å². The molecule has 1 aromatic rings. The van der Waals surface area contributed by atoms with Crippen LogP contribution in [-0.2, 0) is 21.9 Å². The molecule has 0 aliphatic carbocycles. The Balaban J connectivity index is 2.03. The first kappa shape index (κ1) is 15.9. The maximum atomic E-state index is 12.3. The van der Waals surface area contributed by atoms with Gasteiger partial charge in [0.05, 0.1) is 12.2 Å². The topological polar surface area (TPSA) is 96.3 Å². The molecule has 1 aromatic heterocycles. The standard InChI is InChI=1S/C12H21N5O3S/c1-9-7-17(5-4-13-9)12(18)10(2)15-21(19,20)11-6-14-16(3)8-11/h6,8-10,13,15H,4-5,7H2,1-3H3. The summed E-state index contributed by atoms with van der Waals surface area (Å²) in [6.45, 7) is 5.43. The highest BCUT2D eigenvalue weighted by molar-refractivity contribution is 7.89. The molecule has 0 radical (unpaired) electrons. The van der Waals surface area contributed by atoms with Crippen LogP contribution in [0, 0.1) is 0 Å². The molecule has 2 atom stereocenters. The van der Waals surface area contributed by atoms with Gasteiger partial charge in [0.15, 0.2) is 0 Å². The zero-order chi connectivity index (χ0) is 15.6. The zero-order valence-corrected chi connectivity index (χ0v) is 13.2. The third-order valence-electron chi connectivity index (χ3n) is 3.37. The fourth-order valence-corrected chi connectivity index (χ4v) is 3.47. The Morgan fingerprint density at radius 1 is 1.57 bits per heavy atom. The molecule has 1 aliphatic rings. The molecule has 2 N–H and O–H groups in total. The lowest BCUT2D eigenvalue weighted by Crippen LogP contribution is -2.55. The Bertz CT molecular complexity index is 612. The highest BCUT2D eigenvalue weighted by Gasteiger charge is 2.28. The summed E-state index contributed by atoms with van der Waals surface area (Å²) in [5, 5.41) is 7.07. The summed E-state index contributed by atoms with van der Waals surface area (Å²) in [5.41, 5.74) is 0. The van der Waals surface area contributed by atoms with Crippen molar-refractivity contribution < 1.29 is 13.2 Å². The van der Waals surface area contributed by atoms with Crippen LogP contribution < -0.4 is 10.0 Å². The monoisotopic (exact) mass is 315 g/mol. The summed E-state index contributed by atoms with van der Waals surface area (Å²) in [6.07, 6.45) is 2.65. The molecule has 0 spiro atoms. The van der Waals surface area contributed by atoms with Crippen molar-refractivity contribution in [2.24, 2.45) is 7.05 Å². The summed E-state index contributed by atoms with van der Waals surface area (Å²) in [7, 11) is -2.10. The van der Waals surface area contributed by atoms with E-state index in [4.69, 9.17) is 0 Å². The van der Waals surface area contributed by atoms with Crippen molar-refractivity contribution in [2.45, 2.75) is 30.8 Å². The molecule has 0 saturated carbocycles. The van der Waals surface area contributed by atoms with Gasteiger partial charge in [0.2, 0.25) is 15.9 Å². The molecular formula is C12H21N5O3S. The van der Waals surface area contributed by atoms with Crippen molar-refractivity contribution in [1.82, 2.24) is 24.7 Å². The number of aromatic nitrogens is 2. The van der Waals surface area contributed by atoms with Crippen molar-refractivity contribution in [3.05, 3.63) is 12.4 Å². The number of piperazine rings is 1. The van der Waals surface area contributed by atoms with Crippen LogP contribution in [0.15, 0.2) is 17.3 Å². The summed E-state index contributed by atoms with van der Waals surface area (Å²) in [6, 6.07) is -0.592. The Morgan fingerprint density at radius 3 is 2.86 bits per heavy atom. The van der Waals surface area contributed by atoms with Crippen LogP contribution in [0.3, 0.4) is 0 Å². The molecular weight excluding hydrogens is 294 g/mol. The first-order valence-electron chi connectivity index (χ1n) is 6.83. The Labute approximate surface area is 124 Å². The van der Waals surface area contributed by atoms with E-state index in [-0.39, 0.29) is 16.8 Å². The van der Waals surface area contributed by atoms with Crippen LogP contribution in [0.4, 0.5) is 0 Å². The van der Waals surface area contributed by atoms with Gasteiger partial charge in [-0.05, 0) is 13.8 Å². The predicted molar refractivity (Wildman–Crippen MR) is 77.0 cm³/mol. The maximum absolute atomic E-state index is 12.3. The lowest BCUT2D eigenvalue weighted by atomic mass is 10.2. The van der Waals surface area contributed by atoms with Crippen molar-refractivity contribution >= 4 is 15.9 Å². The molecule has 1 aliphatic heterocycles. The van der Waals surface area contributed by atoms with Crippen molar-refractivity contribution in [2.75, 3.05) is 19.6 Å². The minimum Gasteiger partial charge on any atom is -0.338 e. The van der Waals surface area contributed by atoms with Gasteiger partial charge in [-0.1, -0.05) is 0 Å². The number of carbonyl (C=O) groups excluding carboxylic acids is 1. The van der Waals surface area contributed by atoms with Crippen LogP contribution in [0.5, 0.6) is 0 Å². The highest BCUT2D eigenvalue weighted by Crippen LogP contribution is 2.09. The quantitative estimate of drug-likeness (QED) is 0.736. The smallest absolute Gasteiger partial charge is 0.244 e. The van der Waals surface area contributed by atoms with E-state index in [1.165, 1.54) is 17.1 Å². The number of aryl methyl sites for hydroxylation is 1. The third-order valence-corrected chi connectivity index (χ3v) is 4.87. The van der Waals surface area contributed by atoms with E-state index in [2.05, 4.69) is 15.1 Å². The lowest BCUT2D eigenvalue weighted by Gasteiger charge is -2.33. The molecule has 1 amide bonds.